The van der Waals surface area contributed by atoms with Crippen LogP contribution in [0.1, 0.15) is 5.56 Å². The van der Waals surface area contributed by atoms with Crippen molar-refractivity contribution in [3.05, 3.63) is 18.0 Å². The zero-order valence-electron chi connectivity index (χ0n) is 13.0. The maximum Gasteiger partial charge on any atom is 0.316 e. The summed E-state index contributed by atoms with van der Waals surface area (Å²) in [4.78, 5) is 10.1. The minimum atomic E-state index is -3.31. The Balaban J connectivity index is 1.95. The third-order valence-corrected chi connectivity index (χ3v) is 5.70. The average Bonchev–Trinajstić information content (AvgIpc) is 2.78. The van der Waals surface area contributed by atoms with Crippen molar-refractivity contribution in [3.63, 3.8) is 0 Å². The second-order valence-electron chi connectivity index (χ2n) is 5.66. The van der Waals surface area contributed by atoms with Crippen LogP contribution in [0, 0.1) is 5.92 Å². The Morgan fingerprint density at radius 1 is 1.36 bits per heavy atom. The largest absolute Gasteiger partial charge is 0.467 e. The second kappa shape index (κ2) is 6.86. The molecule has 0 radical (unpaired) electrons. The molecule has 9 heteroatoms. The summed E-state index contributed by atoms with van der Waals surface area (Å²) in [7, 11) is 1.19. The summed E-state index contributed by atoms with van der Waals surface area (Å²) in [5.41, 5.74) is 0.893. The number of nitrogens with zero attached hydrogens (tertiary/aromatic N) is 4. The fraction of sp³-hybridized carbons (Fsp3) is 0.692. The van der Waals surface area contributed by atoms with Gasteiger partial charge in [0.2, 0.25) is 10.0 Å². The smallest absolute Gasteiger partial charge is 0.316 e. The molecule has 0 bridgehead atoms. The van der Waals surface area contributed by atoms with Gasteiger partial charge in [0, 0.05) is 57.6 Å². The summed E-state index contributed by atoms with van der Waals surface area (Å²) in [6.07, 6.45) is 2.69. The number of hydrogen-bond acceptors (Lipinski definition) is 7. The lowest BCUT2D eigenvalue weighted by atomic mass is 10.1. The van der Waals surface area contributed by atoms with Gasteiger partial charge >= 0.3 is 6.01 Å². The van der Waals surface area contributed by atoms with E-state index in [-0.39, 0.29) is 11.7 Å². The van der Waals surface area contributed by atoms with E-state index in [2.05, 4.69) is 9.97 Å². The highest BCUT2D eigenvalue weighted by molar-refractivity contribution is 7.89. The molecular weight excluding hydrogens is 308 g/mol. The van der Waals surface area contributed by atoms with Gasteiger partial charge in [-0.1, -0.05) is 0 Å². The molecule has 8 nitrogen and oxygen atoms in total. The number of aliphatic hydroxyl groups is 1. The molecule has 1 fully saturated rings. The van der Waals surface area contributed by atoms with Crippen LogP contribution in [0.25, 0.3) is 0 Å². The molecule has 0 unspecified atom stereocenters. The van der Waals surface area contributed by atoms with E-state index in [9.17, 15) is 13.5 Å². The molecule has 0 amide bonds. The Hall–Kier alpha value is -1.29. The summed E-state index contributed by atoms with van der Waals surface area (Å²) in [6, 6.07) is 0.306. The monoisotopic (exact) mass is 330 g/mol. The molecule has 2 atom stereocenters. The minimum Gasteiger partial charge on any atom is -0.467 e. The van der Waals surface area contributed by atoms with Crippen LogP contribution in [-0.4, -0.2) is 78.8 Å². The van der Waals surface area contributed by atoms with Gasteiger partial charge in [0.15, 0.2) is 0 Å². The van der Waals surface area contributed by atoms with Crippen LogP contribution in [-0.2, 0) is 16.6 Å². The fourth-order valence-corrected chi connectivity index (χ4v) is 3.61. The molecule has 0 aliphatic carbocycles. The molecule has 2 rings (SSSR count). The number of hydrogen-bond donors (Lipinski definition) is 1. The highest BCUT2D eigenvalue weighted by Gasteiger charge is 2.35. The highest BCUT2D eigenvalue weighted by atomic mass is 32.2. The molecule has 124 valence electrons. The predicted molar refractivity (Wildman–Crippen MR) is 80.8 cm³/mol. The van der Waals surface area contributed by atoms with Crippen molar-refractivity contribution < 1.29 is 18.3 Å². The van der Waals surface area contributed by atoms with Crippen LogP contribution in [0.2, 0.25) is 0 Å². The first-order valence-electron chi connectivity index (χ1n) is 6.97. The molecule has 1 aliphatic heterocycles. The van der Waals surface area contributed by atoms with Gasteiger partial charge in [0.05, 0.1) is 19.0 Å². The molecule has 1 saturated heterocycles. The third-order valence-electron chi connectivity index (χ3n) is 3.73. The summed E-state index contributed by atoms with van der Waals surface area (Å²) in [6.45, 7) is 1.54. The first-order valence-corrected chi connectivity index (χ1v) is 8.58. The Bertz CT molecular complexity index is 591. The lowest BCUT2D eigenvalue weighted by Crippen LogP contribution is -2.33. The van der Waals surface area contributed by atoms with Crippen LogP contribution in [0.5, 0.6) is 6.01 Å². The van der Waals surface area contributed by atoms with Gasteiger partial charge in [-0.25, -0.2) is 22.7 Å². The highest BCUT2D eigenvalue weighted by Crippen LogP contribution is 2.21. The van der Waals surface area contributed by atoms with Crippen LogP contribution in [0.3, 0.4) is 0 Å². The number of ether oxygens (including phenoxy) is 1. The van der Waals surface area contributed by atoms with Crippen LogP contribution < -0.4 is 4.74 Å². The van der Waals surface area contributed by atoms with E-state index in [4.69, 9.17) is 4.74 Å². The summed E-state index contributed by atoms with van der Waals surface area (Å²) in [5, 5.41) is 10.1. The summed E-state index contributed by atoms with van der Waals surface area (Å²) < 4.78 is 30.0. The topological polar surface area (TPSA) is 95.9 Å². The minimum absolute atomic E-state index is 0.0449. The van der Waals surface area contributed by atoms with Gasteiger partial charge in [-0.05, 0) is 0 Å². The number of sulfonamides is 1. The van der Waals surface area contributed by atoms with E-state index in [1.54, 1.807) is 12.4 Å². The number of rotatable bonds is 6. The quantitative estimate of drug-likeness (QED) is 0.727. The molecule has 22 heavy (non-hydrogen) atoms. The Morgan fingerprint density at radius 3 is 2.55 bits per heavy atom. The average molecular weight is 330 g/mol. The van der Waals surface area contributed by atoms with Crippen LogP contribution >= 0.6 is 0 Å². The van der Waals surface area contributed by atoms with E-state index in [0.29, 0.717) is 25.6 Å². The first kappa shape index (κ1) is 17.1. The number of aliphatic hydroxyl groups excluding tert-OH is 1. The maximum absolute atomic E-state index is 11.9. The molecule has 2 heterocycles. The maximum atomic E-state index is 11.9. The van der Waals surface area contributed by atoms with Gasteiger partial charge in [0.1, 0.15) is 0 Å². The first-order chi connectivity index (χ1) is 10.3. The van der Waals surface area contributed by atoms with Gasteiger partial charge in [-0.15, -0.1) is 0 Å². The summed E-state index contributed by atoms with van der Waals surface area (Å²) in [5.74, 6) is -0.330. The van der Waals surface area contributed by atoms with E-state index >= 15 is 0 Å². The third kappa shape index (κ3) is 4.13. The molecule has 0 aromatic carbocycles. The fourth-order valence-electron chi connectivity index (χ4n) is 2.44. The SMILES string of the molecule is COc1ncc(CN2C[C@@H](CS(=O)(=O)N(C)C)[C@@H](O)C2)cn1. The van der Waals surface area contributed by atoms with Crippen molar-refractivity contribution in [2.24, 2.45) is 5.92 Å². The normalized spacial score (nSPS) is 23.1. The molecule has 1 aliphatic rings. The number of aromatic nitrogens is 2. The standard InChI is InChI=1S/C13H22N4O4S/c1-16(2)22(19,20)9-11-7-17(8-12(11)18)6-10-4-14-13(21-3)15-5-10/h4-5,11-12,18H,6-9H2,1-3H3/t11-,12-/m0/s1. The van der Waals surface area contributed by atoms with Crippen molar-refractivity contribution in [1.29, 1.82) is 0 Å². The lowest BCUT2D eigenvalue weighted by Gasteiger charge is -2.18. The Morgan fingerprint density at radius 2 is 2.00 bits per heavy atom. The number of likely N-dealkylation sites (tertiary alicyclic amines) is 1. The molecule has 1 aromatic rings. The van der Waals surface area contributed by atoms with Crippen LogP contribution in [0.4, 0.5) is 0 Å². The zero-order valence-corrected chi connectivity index (χ0v) is 13.8. The van der Waals surface area contributed by atoms with Gasteiger partial charge in [0.25, 0.3) is 0 Å². The van der Waals surface area contributed by atoms with Crippen molar-refractivity contribution in [1.82, 2.24) is 19.2 Å². The van der Waals surface area contributed by atoms with Gasteiger partial charge < -0.3 is 9.84 Å². The Kier molecular flexibility index (Phi) is 5.32. The van der Waals surface area contributed by atoms with Gasteiger partial charge in [-0.2, -0.15) is 0 Å². The number of β-amino-alcohol motifs (C(OH)–C–C–N with tert-alkyl or cyclic N) is 1. The van der Waals surface area contributed by atoms with Crippen molar-refractivity contribution in [2.75, 3.05) is 40.0 Å². The lowest BCUT2D eigenvalue weighted by molar-refractivity contribution is 0.148. The molecule has 1 aromatic heterocycles. The van der Waals surface area contributed by atoms with Gasteiger partial charge in [-0.3, -0.25) is 4.90 Å². The number of methoxy groups -OCH3 is 1. The molecular formula is C13H22N4O4S. The molecule has 1 N–H and O–H groups in total. The van der Waals surface area contributed by atoms with Crippen molar-refractivity contribution in [3.8, 4) is 6.01 Å². The van der Waals surface area contributed by atoms with E-state index < -0.39 is 16.1 Å². The van der Waals surface area contributed by atoms with E-state index in [0.717, 1.165) is 5.56 Å². The predicted octanol–water partition coefficient (Wildman–Crippen LogP) is -0.831. The molecule has 0 spiro atoms. The van der Waals surface area contributed by atoms with E-state index in [1.165, 1.54) is 25.5 Å². The van der Waals surface area contributed by atoms with Crippen LogP contribution in [0.15, 0.2) is 12.4 Å². The van der Waals surface area contributed by atoms with E-state index in [1.807, 2.05) is 4.90 Å². The molecule has 0 saturated carbocycles. The van der Waals surface area contributed by atoms with Crippen molar-refractivity contribution >= 4 is 10.0 Å². The Labute approximate surface area is 130 Å². The zero-order chi connectivity index (χ0) is 16.3. The second-order valence-corrected chi connectivity index (χ2v) is 7.89. The van der Waals surface area contributed by atoms with Crippen molar-refractivity contribution in [2.45, 2.75) is 12.6 Å². The summed E-state index contributed by atoms with van der Waals surface area (Å²) >= 11 is 0.